The van der Waals surface area contributed by atoms with Gasteiger partial charge in [-0.05, 0) is 37.0 Å². The van der Waals surface area contributed by atoms with Crippen LogP contribution in [0.1, 0.15) is 66.2 Å². The Bertz CT molecular complexity index is 172. The summed E-state index contributed by atoms with van der Waals surface area (Å²) in [5.74, 6) is 0.806. The highest BCUT2D eigenvalue weighted by Crippen LogP contribution is 2.37. The van der Waals surface area contributed by atoms with E-state index in [0.29, 0.717) is 5.41 Å². The second-order valence-corrected chi connectivity index (χ2v) is 5.63. The molecule has 1 unspecified atom stereocenters. The van der Waals surface area contributed by atoms with Crippen LogP contribution in [0.25, 0.3) is 0 Å². The molecule has 0 aromatic carbocycles. The van der Waals surface area contributed by atoms with Crippen LogP contribution in [0.5, 0.6) is 0 Å². The Morgan fingerprint density at radius 2 is 1.93 bits per heavy atom. The van der Waals surface area contributed by atoms with E-state index in [0.717, 1.165) is 12.0 Å². The maximum atomic E-state index is 3.74. The SMILES string of the molecule is CCCCC(CC)(CNC1CC1)C(C)C. The third-order valence-corrected chi connectivity index (χ3v) is 4.28. The molecule has 1 rings (SSSR count). The summed E-state index contributed by atoms with van der Waals surface area (Å²) < 4.78 is 0. The zero-order valence-corrected chi connectivity index (χ0v) is 11.1. The zero-order valence-electron chi connectivity index (χ0n) is 11.1. The standard InChI is InChI=1S/C14H29N/c1-5-7-10-14(6-2,12(3)4)11-15-13-8-9-13/h12-13,15H,5-11H2,1-4H3. The van der Waals surface area contributed by atoms with Crippen molar-refractivity contribution in [2.45, 2.75) is 72.3 Å². The number of rotatable bonds is 8. The van der Waals surface area contributed by atoms with Crippen molar-refractivity contribution < 1.29 is 0 Å². The number of hydrogen-bond donors (Lipinski definition) is 1. The van der Waals surface area contributed by atoms with Crippen LogP contribution in [0.2, 0.25) is 0 Å². The highest BCUT2D eigenvalue weighted by atomic mass is 15.0. The molecule has 0 bridgehead atoms. The van der Waals surface area contributed by atoms with E-state index in [2.05, 4.69) is 33.0 Å². The minimum Gasteiger partial charge on any atom is -0.313 e. The van der Waals surface area contributed by atoms with Gasteiger partial charge in [0.1, 0.15) is 0 Å². The molecule has 1 nitrogen and oxygen atoms in total. The summed E-state index contributed by atoms with van der Waals surface area (Å²) in [6, 6.07) is 0.858. The minimum atomic E-state index is 0.554. The van der Waals surface area contributed by atoms with Crippen LogP contribution in [-0.4, -0.2) is 12.6 Å². The Hall–Kier alpha value is -0.0400. The third kappa shape index (κ3) is 3.79. The van der Waals surface area contributed by atoms with Gasteiger partial charge in [0.2, 0.25) is 0 Å². The van der Waals surface area contributed by atoms with Gasteiger partial charge < -0.3 is 5.32 Å². The molecule has 15 heavy (non-hydrogen) atoms. The lowest BCUT2D eigenvalue weighted by molar-refractivity contribution is 0.151. The van der Waals surface area contributed by atoms with Gasteiger partial charge in [0, 0.05) is 12.6 Å². The van der Waals surface area contributed by atoms with E-state index in [1.165, 1.54) is 45.1 Å². The first kappa shape index (κ1) is 13.0. The van der Waals surface area contributed by atoms with Crippen molar-refractivity contribution in [3.05, 3.63) is 0 Å². The van der Waals surface area contributed by atoms with E-state index in [1.54, 1.807) is 0 Å². The largest absolute Gasteiger partial charge is 0.313 e. The molecule has 90 valence electrons. The van der Waals surface area contributed by atoms with Gasteiger partial charge in [0.15, 0.2) is 0 Å². The molecule has 1 aliphatic rings. The normalized spacial score (nSPS) is 20.6. The molecule has 0 aromatic heterocycles. The van der Waals surface area contributed by atoms with E-state index < -0.39 is 0 Å². The van der Waals surface area contributed by atoms with Gasteiger partial charge in [0.05, 0.1) is 0 Å². The molecular formula is C14H29N. The molecule has 1 aliphatic carbocycles. The summed E-state index contributed by atoms with van der Waals surface area (Å²) in [6.45, 7) is 10.7. The van der Waals surface area contributed by atoms with Crippen LogP contribution in [0, 0.1) is 11.3 Å². The average Bonchev–Trinajstić information content (AvgIpc) is 3.02. The van der Waals surface area contributed by atoms with Crippen molar-refractivity contribution >= 4 is 0 Å². The Labute approximate surface area is 96.0 Å². The molecule has 1 N–H and O–H groups in total. The lowest BCUT2D eigenvalue weighted by Gasteiger charge is -2.37. The van der Waals surface area contributed by atoms with Crippen molar-refractivity contribution in [1.29, 1.82) is 0 Å². The maximum Gasteiger partial charge on any atom is 0.00684 e. The number of nitrogens with one attached hydrogen (secondary N) is 1. The Morgan fingerprint density at radius 1 is 1.27 bits per heavy atom. The fourth-order valence-electron chi connectivity index (χ4n) is 2.46. The lowest BCUT2D eigenvalue weighted by Crippen LogP contribution is -2.39. The third-order valence-electron chi connectivity index (χ3n) is 4.28. The van der Waals surface area contributed by atoms with Gasteiger partial charge >= 0.3 is 0 Å². The smallest absolute Gasteiger partial charge is 0.00684 e. The predicted octanol–water partition coefficient (Wildman–Crippen LogP) is 3.98. The molecule has 0 aromatic rings. The summed E-state index contributed by atoms with van der Waals surface area (Å²) in [6.07, 6.45) is 8.26. The number of unbranched alkanes of at least 4 members (excludes halogenated alkanes) is 1. The van der Waals surface area contributed by atoms with Crippen molar-refractivity contribution in [2.75, 3.05) is 6.54 Å². The van der Waals surface area contributed by atoms with E-state index in [4.69, 9.17) is 0 Å². The topological polar surface area (TPSA) is 12.0 Å². The molecule has 1 heteroatoms. The van der Waals surface area contributed by atoms with Gasteiger partial charge in [0.25, 0.3) is 0 Å². The first-order chi connectivity index (χ1) is 7.14. The van der Waals surface area contributed by atoms with Crippen LogP contribution in [0.4, 0.5) is 0 Å². The maximum absolute atomic E-state index is 3.74. The molecule has 0 saturated heterocycles. The molecule has 1 atom stereocenters. The number of hydrogen-bond acceptors (Lipinski definition) is 1. The molecular weight excluding hydrogens is 182 g/mol. The Morgan fingerprint density at radius 3 is 2.33 bits per heavy atom. The van der Waals surface area contributed by atoms with Gasteiger partial charge in [-0.2, -0.15) is 0 Å². The molecule has 1 saturated carbocycles. The van der Waals surface area contributed by atoms with Crippen LogP contribution in [0.15, 0.2) is 0 Å². The average molecular weight is 211 g/mol. The summed E-state index contributed by atoms with van der Waals surface area (Å²) in [5.41, 5.74) is 0.554. The molecule has 0 spiro atoms. The summed E-state index contributed by atoms with van der Waals surface area (Å²) in [4.78, 5) is 0. The Balaban J connectivity index is 2.45. The van der Waals surface area contributed by atoms with Gasteiger partial charge in [-0.15, -0.1) is 0 Å². The lowest BCUT2D eigenvalue weighted by atomic mass is 9.71. The van der Waals surface area contributed by atoms with Crippen LogP contribution >= 0.6 is 0 Å². The van der Waals surface area contributed by atoms with Gasteiger partial charge in [-0.1, -0.05) is 40.5 Å². The molecule has 0 amide bonds. The highest BCUT2D eigenvalue weighted by Gasteiger charge is 2.33. The van der Waals surface area contributed by atoms with Crippen molar-refractivity contribution in [3.63, 3.8) is 0 Å². The molecule has 0 radical (unpaired) electrons. The minimum absolute atomic E-state index is 0.554. The van der Waals surface area contributed by atoms with Crippen molar-refractivity contribution in [3.8, 4) is 0 Å². The first-order valence-electron chi connectivity index (χ1n) is 6.88. The van der Waals surface area contributed by atoms with E-state index in [9.17, 15) is 0 Å². The van der Waals surface area contributed by atoms with E-state index >= 15 is 0 Å². The fourth-order valence-corrected chi connectivity index (χ4v) is 2.46. The molecule has 0 heterocycles. The van der Waals surface area contributed by atoms with Crippen molar-refractivity contribution in [2.24, 2.45) is 11.3 Å². The fraction of sp³-hybridized carbons (Fsp3) is 1.00. The van der Waals surface area contributed by atoms with E-state index in [1.807, 2.05) is 0 Å². The quantitative estimate of drug-likeness (QED) is 0.640. The van der Waals surface area contributed by atoms with Crippen LogP contribution in [-0.2, 0) is 0 Å². The first-order valence-corrected chi connectivity index (χ1v) is 6.88. The Kier molecular flexibility index (Phi) is 5.11. The summed E-state index contributed by atoms with van der Waals surface area (Å²) in [5, 5.41) is 3.74. The van der Waals surface area contributed by atoms with Crippen molar-refractivity contribution in [1.82, 2.24) is 5.32 Å². The van der Waals surface area contributed by atoms with Crippen LogP contribution < -0.4 is 5.32 Å². The van der Waals surface area contributed by atoms with Crippen LogP contribution in [0.3, 0.4) is 0 Å². The summed E-state index contributed by atoms with van der Waals surface area (Å²) >= 11 is 0. The summed E-state index contributed by atoms with van der Waals surface area (Å²) in [7, 11) is 0. The van der Waals surface area contributed by atoms with E-state index in [-0.39, 0.29) is 0 Å². The monoisotopic (exact) mass is 211 g/mol. The second-order valence-electron chi connectivity index (χ2n) is 5.63. The highest BCUT2D eigenvalue weighted by molar-refractivity contribution is 4.88. The predicted molar refractivity (Wildman–Crippen MR) is 68.1 cm³/mol. The molecule has 0 aliphatic heterocycles. The molecule has 1 fully saturated rings. The second kappa shape index (κ2) is 5.89. The zero-order chi connectivity index (χ0) is 11.3. The van der Waals surface area contributed by atoms with Gasteiger partial charge in [-0.25, -0.2) is 0 Å². The van der Waals surface area contributed by atoms with Gasteiger partial charge in [-0.3, -0.25) is 0 Å².